The summed E-state index contributed by atoms with van der Waals surface area (Å²) < 4.78 is 13.4. The number of carbonyl (C=O) groups excluding carboxylic acids is 2. The first-order chi connectivity index (χ1) is 16.7. The van der Waals surface area contributed by atoms with Crippen LogP contribution in [-0.2, 0) is 9.59 Å². The summed E-state index contributed by atoms with van der Waals surface area (Å²) in [6.45, 7) is 3.35. The molecule has 9 heteroatoms. The highest BCUT2D eigenvalue weighted by atomic mass is 19.1. The lowest BCUT2D eigenvalue weighted by molar-refractivity contribution is -0.153. The van der Waals surface area contributed by atoms with Gasteiger partial charge in [-0.15, -0.1) is 0 Å². The number of anilines is 1. The minimum Gasteiger partial charge on any atom is -0.380 e. The Kier molecular flexibility index (Phi) is 8.79. The zero-order valence-electron chi connectivity index (χ0n) is 19.9. The van der Waals surface area contributed by atoms with Crippen LogP contribution in [0.25, 0.3) is 0 Å². The van der Waals surface area contributed by atoms with Crippen molar-refractivity contribution in [2.24, 2.45) is 5.92 Å². The van der Waals surface area contributed by atoms with Gasteiger partial charge in [-0.05, 0) is 49.4 Å². The van der Waals surface area contributed by atoms with Crippen molar-refractivity contribution in [3.05, 3.63) is 65.5 Å². The van der Waals surface area contributed by atoms with Crippen molar-refractivity contribution in [3.63, 3.8) is 0 Å². The van der Waals surface area contributed by atoms with Crippen LogP contribution in [0.4, 0.5) is 10.1 Å². The van der Waals surface area contributed by atoms with E-state index in [2.05, 4.69) is 5.32 Å². The lowest BCUT2D eigenvalue weighted by Gasteiger charge is -2.34. The summed E-state index contributed by atoms with van der Waals surface area (Å²) in [6, 6.07) is 15.1. The molecule has 2 aromatic rings. The Bertz CT molecular complexity index is 1070. The molecule has 3 atom stereocenters. The summed E-state index contributed by atoms with van der Waals surface area (Å²) in [6.07, 6.45) is -2.32. The Balaban J connectivity index is 1.48. The van der Waals surface area contributed by atoms with E-state index in [4.69, 9.17) is 0 Å². The van der Waals surface area contributed by atoms with E-state index in [0.717, 1.165) is 18.4 Å². The fourth-order valence-corrected chi connectivity index (χ4v) is 4.23. The third kappa shape index (κ3) is 6.35. The van der Waals surface area contributed by atoms with Gasteiger partial charge < -0.3 is 25.3 Å². The molecule has 35 heavy (non-hydrogen) atoms. The van der Waals surface area contributed by atoms with E-state index in [0.29, 0.717) is 18.8 Å². The smallest absolute Gasteiger partial charge is 0.254 e. The number of carbonyl (C=O) groups is 2. The molecule has 8 nitrogen and oxygen atoms in total. The minimum atomic E-state index is -1.88. The van der Waals surface area contributed by atoms with Crippen LogP contribution in [0.1, 0.15) is 36.9 Å². The van der Waals surface area contributed by atoms with E-state index in [-0.39, 0.29) is 24.1 Å². The average Bonchev–Trinajstić information content (AvgIpc) is 2.90. The molecular weight excluding hydrogens is 451 g/mol. The van der Waals surface area contributed by atoms with E-state index in [1.165, 1.54) is 24.1 Å². The predicted octanol–water partition coefficient (Wildman–Crippen LogP) is 1.97. The molecule has 0 spiro atoms. The number of rotatable bonds is 8. The summed E-state index contributed by atoms with van der Waals surface area (Å²) in [7, 11) is 1.51. The Morgan fingerprint density at radius 2 is 1.83 bits per heavy atom. The first-order valence-corrected chi connectivity index (χ1v) is 11.6. The number of benzene rings is 2. The molecule has 1 fully saturated rings. The molecule has 3 rings (SSSR count). The van der Waals surface area contributed by atoms with Gasteiger partial charge in [-0.2, -0.15) is 5.26 Å². The molecule has 0 radical (unpaired) electrons. The van der Waals surface area contributed by atoms with Crippen molar-refractivity contribution in [1.82, 2.24) is 10.2 Å². The standard InChI is InChI=1S/C26H31FN4O4/c1-17(19-6-4-3-5-7-19)30(2)26(35)24(33)23(32)25(34)29-16-18-10-12-31(13-11-18)22-9-8-21(27)14-20(22)15-28/h3-9,14,17-18,23-24,32-33H,10-13,16H2,1-2H3,(H,29,34)/t17-,23-,24-/m1/s1. The second kappa shape index (κ2) is 11.8. The predicted molar refractivity (Wildman–Crippen MR) is 129 cm³/mol. The number of amides is 2. The van der Waals surface area contributed by atoms with Gasteiger partial charge in [-0.25, -0.2) is 4.39 Å². The van der Waals surface area contributed by atoms with Crippen molar-refractivity contribution in [2.45, 2.75) is 38.0 Å². The summed E-state index contributed by atoms with van der Waals surface area (Å²) >= 11 is 0. The lowest BCUT2D eigenvalue weighted by atomic mass is 9.95. The van der Waals surface area contributed by atoms with Crippen molar-refractivity contribution in [2.75, 3.05) is 31.6 Å². The van der Waals surface area contributed by atoms with E-state index in [9.17, 15) is 29.5 Å². The van der Waals surface area contributed by atoms with Gasteiger partial charge in [-0.1, -0.05) is 30.3 Å². The zero-order valence-corrected chi connectivity index (χ0v) is 19.9. The first-order valence-electron chi connectivity index (χ1n) is 11.6. The molecule has 1 aliphatic rings. The summed E-state index contributed by atoms with van der Waals surface area (Å²) in [5.41, 5.74) is 1.83. The lowest BCUT2D eigenvalue weighted by Crippen LogP contribution is -2.51. The fourth-order valence-electron chi connectivity index (χ4n) is 4.23. The molecule has 186 valence electrons. The number of hydrogen-bond donors (Lipinski definition) is 3. The van der Waals surface area contributed by atoms with E-state index < -0.39 is 29.8 Å². The number of likely N-dealkylation sites (N-methyl/N-ethyl adjacent to an activating group) is 1. The Labute approximate surface area is 204 Å². The molecule has 0 bridgehead atoms. The van der Waals surface area contributed by atoms with Crippen molar-refractivity contribution in [1.29, 1.82) is 5.26 Å². The molecule has 1 heterocycles. The van der Waals surface area contributed by atoms with Crippen molar-refractivity contribution in [3.8, 4) is 6.07 Å². The van der Waals surface area contributed by atoms with Crippen LogP contribution >= 0.6 is 0 Å². The molecule has 0 aliphatic carbocycles. The van der Waals surface area contributed by atoms with Gasteiger partial charge in [0.25, 0.3) is 11.8 Å². The van der Waals surface area contributed by atoms with Crippen LogP contribution in [0.2, 0.25) is 0 Å². The van der Waals surface area contributed by atoms with Gasteiger partial charge in [0.15, 0.2) is 12.2 Å². The maximum atomic E-state index is 13.4. The van der Waals surface area contributed by atoms with Crippen molar-refractivity contribution < 1.29 is 24.2 Å². The van der Waals surface area contributed by atoms with Gasteiger partial charge in [0.1, 0.15) is 11.9 Å². The van der Waals surface area contributed by atoms with Crippen LogP contribution in [0.5, 0.6) is 0 Å². The zero-order chi connectivity index (χ0) is 25.5. The van der Waals surface area contributed by atoms with Crippen molar-refractivity contribution >= 4 is 17.5 Å². The summed E-state index contributed by atoms with van der Waals surface area (Å²) in [4.78, 5) is 28.4. The number of nitrogens with zero attached hydrogens (tertiary/aromatic N) is 3. The van der Waals surface area contributed by atoms with Gasteiger partial charge in [0.2, 0.25) is 0 Å². The normalized spacial score (nSPS) is 16.6. The quantitative estimate of drug-likeness (QED) is 0.530. The maximum absolute atomic E-state index is 13.4. The molecule has 2 aromatic carbocycles. The molecule has 0 unspecified atom stereocenters. The summed E-state index contributed by atoms with van der Waals surface area (Å²) in [5.74, 6) is -1.88. The first kappa shape index (κ1) is 26.1. The number of aliphatic hydroxyl groups is 2. The number of nitriles is 1. The molecule has 2 amide bonds. The summed E-state index contributed by atoms with van der Waals surface area (Å²) in [5, 5.41) is 32.5. The van der Waals surface area contributed by atoms with Gasteiger partial charge in [0, 0.05) is 26.7 Å². The topological polar surface area (TPSA) is 117 Å². The van der Waals surface area contributed by atoms with E-state index >= 15 is 0 Å². The molecule has 1 saturated heterocycles. The highest BCUT2D eigenvalue weighted by Gasteiger charge is 2.34. The van der Waals surface area contributed by atoms with Gasteiger partial charge in [0.05, 0.1) is 17.3 Å². The fraction of sp³-hybridized carbons (Fsp3) is 0.423. The van der Waals surface area contributed by atoms with Gasteiger partial charge >= 0.3 is 0 Å². The number of aliphatic hydroxyl groups excluding tert-OH is 2. The van der Waals surface area contributed by atoms with Crippen LogP contribution in [0.15, 0.2) is 48.5 Å². The Morgan fingerprint density at radius 3 is 2.46 bits per heavy atom. The van der Waals surface area contributed by atoms with Crippen LogP contribution in [0.3, 0.4) is 0 Å². The monoisotopic (exact) mass is 482 g/mol. The highest BCUT2D eigenvalue weighted by molar-refractivity contribution is 5.90. The van der Waals surface area contributed by atoms with Gasteiger partial charge in [-0.3, -0.25) is 9.59 Å². The second-order valence-corrected chi connectivity index (χ2v) is 8.87. The average molecular weight is 483 g/mol. The van der Waals surface area contributed by atoms with E-state index in [1.54, 1.807) is 13.0 Å². The van der Waals surface area contributed by atoms with Crippen LogP contribution in [0, 0.1) is 23.1 Å². The minimum absolute atomic E-state index is 0.127. The van der Waals surface area contributed by atoms with Crippen LogP contribution < -0.4 is 10.2 Å². The van der Waals surface area contributed by atoms with Crippen LogP contribution in [-0.4, -0.2) is 65.8 Å². The number of nitrogens with one attached hydrogen (secondary N) is 1. The maximum Gasteiger partial charge on any atom is 0.254 e. The third-order valence-electron chi connectivity index (χ3n) is 6.63. The highest BCUT2D eigenvalue weighted by Crippen LogP contribution is 2.26. The number of hydrogen-bond acceptors (Lipinski definition) is 6. The Hall–Kier alpha value is -3.48. The molecule has 3 N–H and O–H groups in total. The Morgan fingerprint density at radius 1 is 1.17 bits per heavy atom. The largest absolute Gasteiger partial charge is 0.380 e. The second-order valence-electron chi connectivity index (χ2n) is 8.87. The number of piperidine rings is 1. The molecular formula is C26H31FN4O4. The molecule has 0 aromatic heterocycles. The molecule has 1 aliphatic heterocycles. The third-order valence-corrected chi connectivity index (χ3v) is 6.63. The molecule has 0 saturated carbocycles. The van der Waals surface area contributed by atoms with E-state index in [1.807, 2.05) is 41.3 Å². The number of halogens is 1. The SMILES string of the molecule is C[C@H](c1ccccc1)N(C)C(=O)[C@H](O)[C@@H](O)C(=O)NCC1CCN(c2ccc(F)cc2C#N)CC1.